The van der Waals surface area contributed by atoms with Crippen LogP contribution in [0, 0.1) is 0 Å². The second kappa shape index (κ2) is 9.28. The minimum Gasteiger partial charge on any atom is -0.496 e. The Morgan fingerprint density at radius 3 is 2.52 bits per heavy atom. The topological polar surface area (TPSA) is 45.9 Å². The number of carbonyl (C=O) groups is 1. The molecule has 1 amide bonds. The fraction of sp³-hybridized carbons (Fsp3) is 0.320. The molecule has 0 saturated carbocycles. The second-order valence-corrected chi connectivity index (χ2v) is 8.71. The first-order valence-corrected chi connectivity index (χ1v) is 11.3. The van der Waals surface area contributed by atoms with Crippen molar-refractivity contribution >= 4 is 38.4 Å². The van der Waals surface area contributed by atoms with E-state index in [1.165, 1.54) is 0 Å². The highest BCUT2D eigenvalue weighted by Crippen LogP contribution is 2.37. The fourth-order valence-corrected chi connectivity index (χ4v) is 4.29. The molecule has 1 aliphatic heterocycles. The molecule has 0 radical (unpaired) electrons. The monoisotopic (exact) mass is 482 g/mol. The molecule has 6 heteroatoms. The smallest absolute Gasteiger partial charge is 0.246 e. The first-order chi connectivity index (χ1) is 15.0. The number of carbonyl (C=O) groups excluding carboxylic acids is 1. The summed E-state index contributed by atoms with van der Waals surface area (Å²) in [5.74, 6) is 0.747. The first-order valence-electron chi connectivity index (χ1n) is 10.5. The average molecular weight is 483 g/mol. The molecule has 4 rings (SSSR count). The van der Waals surface area contributed by atoms with Crippen LogP contribution in [-0.2, 0) is 4.79 Å². The van der Waals surface area contributed by atoms with Gasteiger partial charge < -0.3 is 19.0 Å². The van der Waals surface area contributed by atoms with Crippen LogP contribution in [0.2, 0.25) is 0 Å². The van der Waals surface area contributed by atoms with Crippen molar-refractivity contribution in [1.29, 1.82) is 0 Å². The van der Waals surface area contributed by atoms with Crippen LogP contribution in [0.15, 0.2) is 57.6 Å². The molecule has 0 atom stereocenters. The highest BCUT2D eigenvalue weighted by Gasteiger charge is 2.20. The van der Waals surface area contributed by atoms with Crippen LogP contribution in [0.4, 0.5) is 0 Å². The molecule has 0 unspecified atom stereocenters. The van der Waals surface area contributed by atoms with Crippen molar-refractivity contribution in [1.82, 2.24) is 9.80 Å². The number of amides is 1. The van der Waals surface area contributed by atoms with Gasteiger partial charge in [-0.1, -0.05) is 35.0 Å². The number of hydrogen-bond donors (Lipinski definition) is 0. The number of rotatable bonds is 5. The maximum Gasteiger partial charge on any atom is 0.246 e. The van der Waals surface area contributed by atoms with E-state index in [0.717, 1.165) is 70.4 Å². The first kappa shape index (κ1) is 21.7. The average Bonchev–Trinajstić information content (AvgIpc) is 3.21. The zero-order valence-corrected chi connectivity index (χ0v) is 19.7. The van der Waals surface area contributed by atoms with E-state index in [0.29, 0.717) is 5.75 Å². The third kappa shape index (κ3) is 4.55. The number of methoxy groups -OCH3 is 1. The summed E-state index contributed by atoms with van der Waals surface area (Å²) < 4.78 is 12.5. The Hall–Kier alpha value is -2.57. The maximum atomic E-state index is 12.9. The van der Waals surface area contributed by atoms with Gasteiger partial charge >= 0.3 is 0 Å². The summed E-state index contributed by atoms with van der Waals surface area (Å²) in [5.41, 5.74) is 4.62. The third-order valence-electron chi connectivity index (χ3n) is 5.95. The fourth-order valence-electron chi connectivity index (χ4n) is 4.02. The molecule has 5 nitrogen and oxygen atoms in total. The van der Waals surface area contributed by atoms with Gasteiger partial charge in [-0.05, 0) is 42.8 Å². The molecule has 31 heavy (non-hydrogen) atoms. The van der Waals surface area contributed by atoms with Gasteiger partial charge in [0.05, 0.1) is 13.4 Å². The normalized spacial score (nSPS) is 15.5. The van der Waals surface area contributed by atoms with Gasteiger partial charge in [-0.3, -0.25) is 4.79 Å². The lowest BCUT2D eigenvalue weighted by molar-refractivity contribution is -0.127. The molecular weight excluding hydrogens is 456 g/mol. The summed E-state index contributed by atoms with van der Waals surface area (Å²) in [4.78, 5) is 17.2. The summed E-state index contributed by atoms with van der Waals surface area (Å²) in [6.07, 6.45) is 3.50. The van der Waals surface area contributed by atoms with Crippen molar-refractivity contribution in [2.45, 2.75) is 13.8 Å². The van der Waals surface area contributed by atoms with Crippen LogP contribution >= 0.6 is 15.9 Å². The van der Waals surface area contributed by atoms with Crippen LogP contribution in [0.1, 0.15) is 19.4 Å². The predicted molar refractivity (Wildman–Crippen MR) is 128 cm³/mol. The number of ether oxygens (including phenoxy) is 1. The number of furan rings is 1. The molecule has 1 aromatic heterocycles. The van der Waals surface area contributed by atoms with Crippen molar-refractivity contribution in [3.63, 3.8) is 0 Å². The van der Waals surface area contributed by atoms with E-state index in [9.17, 15) is 4.79 Å². The number of benzene rings is 2. The van der Waals surface area contributed by atoms with Gasteiger partial charge in [-0.25, -0.2) is 0 Å². The molecule has 2 heterocycles. The van der Waals surface area contributed by atoms with Crippen LogP contribution in [0.3, 0.4) is 0 Å². The Morgan fingerprint density at radius 1 is 1.16 bits per heavy atom. The van der Waals surface area contributed by atoms with E-state index in [1.807, 2.05) is 30.0 Å². The molecule has 2 aromatic carbocycles. The quantitative estimate of drug-likeness (QED) is 0.454. The Kier molecular flexibility index (Phi) is 6.49. The molecule has 1 saturated heterocycles. The molecule has 162 valence electrons. The van der Waals surface area contributed by atoms with E-state index in [-0.39, 0.29) is 5.91 Å². The molecular formula is C25H27BrN2O3. The Morgan fingerprint density at radius 2 is 1.87 bits per heavy atom. The van der Waals surface area contributed by atoms with Gasteiger partial charge in [-0.2, -0.15) is 0 Å². The Labute approximate surface area is 191 Å². The van der Waals surface area contributed by atoms with Crippen molar-refractivity contribution < 1.29 is 13.9 Å². The zero-order chi connectivity index (χ0) is 22.0. The van der Waals surface area contributed by atoms with Gasteiger partial charge in [0.25, 0.3) is 0 Å². The van der Waals surface area contributed by atoms with E-state index in [2.05, 4.69) is 46.0 Å². The zero-order valence-electron chi connectivity index (χ0n) is 18.2. The summed E-state index contributed by atoms with van der Waals surface area (Å²) in [6.45, 7) is 8.53. The number of hydrogen-bond acceptors (Lipinski definition) is 4. The van der Waals surface area contributed by atoms with Gasteiger partial charge in [0.1, 0.15) is 11.3 Å². The largest absolute Gasteiger partial charge is 0.496 e. The third-order valence-corrected chi connectivity index (χ3v) is 6.48. The molecule has 1 aliphatic rings. The van der Waals surface area contributed by atoms with Gasteiger partial charge in [0.15, 0.2) is 0 Å². The molecule has 0 N–H and O–H groups in total. The highest BCUT2D eigenvalue weighted by molar-refractivity contribution is 9.10. The van der Waals surface area contributed by atoms with E-state index < -0.39 is 0 Å². The van der Waals surface area contributed by atoms with Crippen molar-refractivity contribution in [3.05, 3.63) is 58.8 Å². The second-order valence-electron chi connectivity index (χ2n) is 7.79. The molecule has 0 aliphatic carbocycles. The number of halogens is 1. The molecule has 0 bridgehead atoms. The van der Waals surface area contributed by atoms with Crippen LogP contribution in [0.25, 0.3) is 27.7 Å². The molecule has 1 fully saturated rings. The number of piperazine rings is 1. The Bertz CT molecular complexity index is 1110. The predicted octanol–water partition coefficient (Wildman–Crippen LogP) is 5.44. The highest BCUT2D eigenvalue weighted by atomic mass is 79.9. The number of fused-ring (bicyclic) bond motifs is 1. The molecule has 0 spiro atoms. The summed E-state index contributed by atoms with van der Waals surface area (Å²) in [5, 5.41) is 0.995. The van der Waals surface area contributed by atoms with Crippen molar-refractivity contribution in [2.24, 2.45) is 0 Å². The SMILES string of the molecule is CCN1CCN(C(=O)/C=C(\C)c2cc3c(-c4ccc(Br)cc4)coc3cc2OC)CC1. The number of likely N-dealkylation sites (N-methyl/N-ethyl adjacent to an activating group) is 1. The molecule has 3 aromatic rings. The van der Waals surface area contributed by atoms with Crippen LogP contribution in [0.5, 0.6) is 5.75 Å². The maximum absolute atomic E-state index is 12.9. The van der Waals surface area contributed by atoms with E-state index in [1.54, 1.807) is 19.4 Å². The van der Waals surface area contributed by atoms with Gasteiger partial charge in [0.2, 0.25) is 5.91 Å². The lowest BCUT2D eigenvalue weighted by atomic mass is 9.99. The summed E-state index contributed by atoms with van der Waals surface area (Å²) in [6, 6.07) is 12.1. The van der Waals surface area contributed by atoms with Gasteiger partial charge in [-0.15, -0.1) is 0 Å². The van der Waals surface area contributed by atoms with E-state index in [4.69, 9.17) is 9.15 Å². The minimum absolute atomic E-state index is 0.0516. The summed E-state index contributed by atoms with van der Waals surface area (Å²) >= 11 is 3.48. The number of nitrogens with zero attached hydrogens (tertiary/aromatic N) is 2. The Balaban J connectivity index is 1.67. The van der Waals surface area contributed by atoms with E-state index >= 15 is 0 Å². The number of allylic oxidation sites excluding steroid dienone is 1. The van der Waals surface area contributed by atoms with Crippen LogP contribution in [-0.4, -0.2) is 55.5 Å². The summed E-state index contributed by atoms with van der Waals surface area (Å²) in [7, 11) is 1.64. The van der Waals surface area contributed by atoms with Gasteiger partial charge in [0, 0.05) is 59.3 Å². The van der Waals surface area contributed by atoms with Crippen molar-refractivity contribution in [2.75, 3.05) is 39.8 Å². The standard InChI is InChI=1S/C25H27BrN2O3/c1-4-27-9-11-28(12-10-27)25(29)13-17(2)20-14-21-22(18-5-7-19(26)8-6-18)16-31-24(21)15-23(20)30-3/h5-8,13-16H,4,9-12H2,1-3H3/b17-13+. The van der Waals surface area contributed by atoms with Crippen molar-refractivity contribution in [3.8, 4) is 16.9 Å². The van der Waals surface area contributed by atoms with Crippen LogP contribution < -0.4 is 4.74 Å². The lowest BCUT2D eigenvalue weighted by Crippen LogP contribution is -2.48. The minimum atomic E-state index is 0.0516. The lowest BCUT2D eigenvalue weighted by Gasteiger charge is -2.33.